The second-order valence-corrected chi connectivity index (χ2v) is 5.26. The standard InChI is InChI=1S/C10H11N3O4S/c14-18(15,16)7-1-4-13-5-2-9(3-6-13)10-8-11-17-12-10/h2-3,5-6,8H,1,4,7H2. The van der Waals surface area contributed by atoms with E-state index in [9.17, 15) is 13.0 Å². The van der Waals surface area contributed by atoms with Crippen LogP contribution in [0.4, 0.5) is 0 Å². The minimum absolute atomic E-state index is 0.293. The van der Waals surface area contributed by atoms with Gasteiger partial charge in [0.25, 0.3) is 0 Å². The number of aryl methyl sites for hydroxylation is 1. The van der Waals surface area contributed by atoms with Crippen LogP contribution in [0.25, 0.3) is 11.3 Å². The summed E-state index contributed by atoms with van der Waals surface area (Å²) in [6.07, 6.45) is 5.36. The summed E-state index contributed by atoms with van der Waals surface area (Å²) >= 11 is 0. The Morgan fingerprint density at radius 2 is 2.06 bits per heavy atom. The van der Waals surface area contributed by atoms with Crippen LogP contribution in [0.3, 0.4) is 0 Å². The molecular weight excluding hydrogens is 258 g/mol. The van der Waals surface area contributed by atoms with Gasteiger partial charge in [0.2, 0.25) is 0 Å². The van der Waals surface area contributed by atoms with Gasteiger partial charge in [-0.1, -0.05) is 5.16 Å². The van der Waals surface area contributed by atoms with Crippen molar-refractivity contribution < 1.29 is 22.2 Å². The average Bonchev–Trinajstić information content (AvgIpc) is 2.82. The van der Waals surface area contributed by atoms with Crippen LogP contribution in [0.15, 0.2) is 35.4 Å². The van der Waals surface area contributed by atoms with Crippen LogP contribution >= 0.6 is 0 Å². The molecule has 0 saturated heterocycles. The molecule has 96 valence electrons. The van der Waals surface area contributed by atoms with E-state index in [4.69, 9.17) is 0 Å². The zero-order valence-electron chi connectivity index (χ0n) is 9.39. The molecule has 7 nitrogen and oxygen atoms in total. The van der Waals surface area contributed by atoms with Crippen LogP contribution in [0.2, 0.25) is 0 Å². The number of hydrogen-bond donors (Lipinski definition) is 0. The Labute approximate surface area is 104 Å². The van der Waals surface area contributed by atoms with Gasteiger partial charge in [-0.15, -0.1) is 0 Å². The van der Waals surface area contributed by atoms with E-state index < -0.39 is 10.1 Å². The van der Waals surface area contributed by atoms with Gasteiger partial charge in [0.1, 0.15) is 12.2 Å². The first kappa shape index (κ1) is 12.7. The van der Waals surface area contributed by atoms with E-state index in [2.05, 4.69) is 14.9 Å². The highest BCUT2D eigenvalue weighted by molar-refractivity contribution is 7.85. The topological polar surface area (TPSA) is 100 Å². The zero-order chi connectivity index (χ0) is 13.0. The van der Waals surface area contributed by atoms with Gasteiger partial charge in [0.15, 0.2) is 12.4 Å². The van der Waals surface area contributed by atoms with Crippen LogP contribution in [0.5, 0.6) is 0 Å². The maximum atomic E-state index is 10.4. The summed E-state index contributed by atoms with van der Waals surface area (Å²) in [5, 5.41) is 7.20. The van der Waals surface area contributed by atoms with Crippen molar-refractivity contribution in [2.45, 2.75) is 13.0 Å². The Bertz CT molecular complexity index is 593. The fourth-order valence-corrected chi connectivity index (χ4v) is 1.98. The van der Waals surface area contributed by atoms with Crippen LogP contribution in [-0.2, 0) is 16.7 Å². The molecule has 0 aromatic carbocycles. The highest BCUT2D eigenvalue weighted by Gasteiger charge is 2.06. The molecule has 0 aliphatic carbocycles. The van der Waals surface area contributed by atoms with E-state index in [-0.39, 0.29) is 5.75 Å². The van der Waals surface area contributed by atoms with E-state index >= 15 is 0 Å². The van der Waals surface area contributed by atoms with E-state index in [0.717, 1.165) is 5.56 Å². The van der Waals surface area contributed by atoms with Crippen LogP contribution < -0.4 is 4.57 Å². The number of pyridine rings is 1. The molecule has 0 amide bonds. The second-order valence-electron chi connectivity index (χ2n) is 3.73. The lowest BCUT2D eigenvalue weighted by molar-refractivity contribution is -0.696. The Morgan fingerprint density at radius 3 is 2.61 bits per heavy atom. The van der Waals surface area contributed by atoms with Crippen molar-refractivity contribution in [1.29, 1.82) is 0 Å². The van der Waals surface area contributed by atoms with Crippen molar-refractivity contribution in [3.63, 3.8) is 0 Å². The Balaban J connectivity index is 1.96. The summed E-state index contributed by atoms with van der Waals surface area (Å²) in [7, 11) is -4.13. The van der Waals surface area contributed by atoms with Gasteiger partial charge < -0.3 is 4.55 Å². The summed E-state index contributed by atoms with van der Waals surface area (Å²) in [6, 6.07) is 3.62. The molecule has 2 aromatic rings. The molecule has 0 fully saturated rings. The van der Waals surface area contributed by atoms with Crippen molar-refractivity contribution >= 4 is 10.1 Å². The van der Waals surface area contributed by atoms with Crippen LogP contribution in [0, 0.1) is 0 Å². The van der Waals surface area contributed by atoms with Gasteiger partial charge >= 0.3 is 0 Å². The van der Waals surface area contributed by atoms with E-state index in [1.165, 1.54) is 6.20 Å². The molecule has 2 heterocycles. The Hall–Kier alpha value is -1.80. The summed E-state index contributed by atoms with van der Waals surface area (Å²) in [4.78, 5) is 0. The normalized spacial score (nSPS) is 11.6. The molecule has 0 saturated carbocycles. The van der Waals surface area contributed by atoms with Crippen molar-refractivity contribution in [2.24, 2.45) is 0 Å². The van der Waals surface area contributed by atoms with E-state index in [0.29, 0.717) is 18.7 Å². The molecule has 0 radical (unpaired) electrons. The first-order valence-corrected chi connectivity index (χ1v) is 6.83. The third kappa shape index (κ3) is 3.60. The number of rotatable bonds is 5. The molecular formula is C10H11N3O4S. The van der Waals surface area contributed by atoms with Gasteiger partial charge in [0.05, 0.1) is 16.3 Å². The molecule has 0 aliphatic heterocycles. The first-order chi connectivity index (χ1) is 8.54. The Morgan fingerprint density at radius 1 is 1.33 bits per heavy atom. The van der Waals surface area contributed by atoms with Crippen molar-refractivity contribution in [3.8, 4) is 11.3 Å². The summed E-state index contributed by atoms with van der Waals surface area (Å²) < 4.78 is 37.6. The summed E-state index contributed by atoms with van der Waals surface area (Å²) in [5.74, 6) is -0.352. The molecule has 18 heavy (non-hydrogen) atoms. The van der Waals surface area contributed by atoms with Crippen molar-refractivity contribution in [1.82, 2.24) is 10.3 Å². The lowest BCUT2D eigenvalue weighted by Gasteiger charge is -2.04. The van der Waals surface area contributed by atoms with E-state index in [1.807, 2.05) is 12.1 Å². The van der Waals surface area contributed by atoms with Gasteiger partial charge in [-0.25, -0.2) is 17.6 Å². The SMILES string of the molecule is O=S(=O)([O-])CCC[n+]1ccc(-c2cnon2)cc1. The predicted molar refractivity (Wildman–Crippen MR) is 59.1 cm³/mol. The maximum absolute atomic E-state index is 10.4. The van der Waals surface area contributed by atoms with E-state index in [1.54, 1.807) is 17.0 Å². The third-order valence-corrected chi connectivity index (χ3v) is 3.15. The van der Waals surface area contributed by atoms with Gasteiger partial charge in [-0.3, -0.25) is 0 Å². The fraction of sp³-hybridized carbons (Fsp3) is 0.300. The van der Waals surface area contributed by atoms with Crippen molar-refractivity contribution in [3.05, 3.63) is 30.7 Å². The second kappa shape index (κ2) is 5.23. The highest BCUT2D eigenvalue weighted by Crippen LogP contribution is 2.12. The molecule has 2 rings (SSSR count). The smallest absolute Gasteiger partial charge is 0.169 e. The van der Waals surface area contributed by atoms with Crippen molar-refractivity contribution in [2.75, 3.05) is 5.75 Å². The monoisotopic (exact) mass is 269 g/mol. The average molecular weight is 269 g/mol. The largest absolute Gasteiger partial charge is 0.748 e. The van der Waals surface area contributed by atoms with Gasteiger partial charge in [-0.05, 0) is 5.16 Å². The van der Waals surface area contributed by atoms with Crippen LogP contribution in [0.1, 0.15) is 6.42 Å². The summed E-state index contributed by atoms with van der Waals surface area (Å²) in [6.45, 7) is 0.471. The van der Waals surface area contributed by atoms with Gasteiger partial charge in [-0.2, -0.15) is 0 Å². The highest BCUT2D eigenvalue weighted by atomic mass is 32.2. The predicted octanol–water partition coefficient (Wildman–Crippen LogP) is -0.0406. The lowest BCUT2D eigenvalue weighted by Crippen LogP contribution is -2.33. The number of aromatic nitrogens is 3. The van der Waals surface area contributed by atoms with Crippen LogP contribution in [-0.4, -0.2) is 29.0 Å². The quantitative estimate of drug-likeness (QED) is 0.557. The number of hydrogen-bond acceptors (Lipinski definition) is 6. The molecule has 2 aromatic heterocycles. The zero-order valence-corrected chi connectivity index (χ0v) is 10.2. The molecule has 0 N–H and O–H groups in total. The Kier molecular flexibility index (Phi) is 3.68. The fourth-order valence-electron chi connectivity index (χ4n) is 1.49. The minimum Gasteiger partial charge on any atom is -0.748 e. The third-order valence-electron chi connectivity index (χ3n) is 2.36. The summed E-state index contributed by atoms with van der Waals surface area (Å²) in [5.41, 5.74) is 1.48. The first-order valence-electron chi connectivity index (χ1n) is 5.25. The minimum atomic E-state index is -4.13. The lowest BCUT2D eigenvalue weighted by atomic mass is 10.2. The van der Waals surface area contributed by atoms with Gasteiger partial charge in [0, 0.05) is 29.9 Å². The molecule has 8 heteroatoms. The molecule has 0 unspecified atom stereocenters. The molecule has 0 spiro atoms. The maximum Gasteiger partial charge on any atom is 0.169 e. The molecule has 0 bridgehead atoms. The molecule has 0 aliphatic rings. The molecule has 0 atom stereocenters. The number of nitrogens with zero attached hydrogens (tertiary/aromatic N) is 3.